The lowest BCUT2D eigenvalue weighted by molar-refractivity contribution is -0.137. The number of ether oxygens (including phenoxy) is 2. The Hall–Kier alpha value is -1.34. The van der Waals surface area contributed by atoms with Crippen molar-refractivity contribution in [3.63, 3.8) is 0 Å². The van der Waals surface area contributed by atoms with Crippen LogP contribution in [0.15, 0.2) is 0 Å². The number of rotatable bonds is 6. The highest BCUT2D eigenvalue weighted by atomic mass is 16.5. The number of hydrogen-bond acceptors (Lipinski definition) is 4. The SMILES string of the molecule is COCCN(CC(=O)O)C(=O)N(C)C1CCOCC1. The number of methoxy groups -OCH3 is 1. The van der Waals surface area contributed by atoms with Crippen LogP contribution < -0.4 is 0 Å². The molecule has 0 unspecified atom stereocenters. The Balaban J connectivity index is 2.59. The van der Waals surface area contributed by atoms with E-state index in [1.54, 1.807) is 11.9 Å². The van der Waals surface area contributed by atoms with Crippen molar-refractivity contribution in [2.75, 3.05) is 47.1 Å². The number of amides is 2. The molecule has 1 rings (SSSR count). The lowest BCUT2D eigenvalue weighted by Crippen LogP contribution is -2.50. The maximum atomic E-state index is 12.3. The van der Waals surface area contributed by atoms with Crippen molar-refractivity contribution in [3.8, 4) is 0 Å². The molecule has 0 aromatic heterocycles. The Kier molecular flexibility index (Phi) is 6.58. The molecule has 2 amide bonds. The zero-order valence-electron chi connectivity index (χ0n) is 11.5. The van der Waals surface area contributed by atoms with Gasteiger partial charge < -0.3 is 24.4 Å². The van der Waals surface area contributed by atoms with Crippen LogP contribution in [0.4, 0.5) is 4.79 Å². The smallest absolute Gasteiger partial charge is 0.323 e. The minimum Gasteiger partial charge on any atom is -0.480 e. The second kappa shape index (κ2) is 7.96. The second-order valence-electron chi connectivity index (χ2n) is 4.55. The van der Waals surface area contributed by atoms with Crippen LogP contribution in [0.2, 0.25) is 0 Å². The van der Waals surface area contributed by atoms with Crippen molar-refractivity contribution in [2.24, 2.45) is 0 Å². The minimum absolute atomic E-state index is 0.111. The Morgan fingerprint density at radius 1 is 1.37 bits per heavy atom. The molecule has 1 fully saturated rings. The number of carboxylic acid groups (broad SMARTS) is 1. The van der Waals surface area contributed by atoms with Gasteiger partial charge in [0.25, 0.3) is 0 Å². The van der Waals surface area contributed by atoms with Gasteiger partial charge in [-0.05, 0) is 12.8 Å². The quantitative estimate of drug-likeness (QED) is 0.751. The molecule has 1 aliphatic heterocycles. The average molecular weight is 274 g/mol. The number of carbonyl (C=O) groups is 2. The Labute approximate surface area is 113 Å². The summed E-state index contributed by atoms with van der Waals surface area (Å²) in [7, 11) is 3.23. The number of hydrogen-bond donors (Lipinski definition) is 1. The van der Waals surface area contributed by atoms with Crippen LogP contribution in [0, 0.1) is 0 Å². The molecule has 0 radical (unpaired) electrons. The number of aliphatic carboxylic acids is 1. The third-order valence-corrected chi connectivity index (χ3v) is 3.20. The zero-order valence-corrected chi connectivity index (χ0v) is 11.5. The van der Waals surface area contributed by atoms with Gasteiger partial charge in [-0.25, -0.2) is 4.79 Å². The van der Waals surface area contributed by atoms with Crippen molar-refractivity contribution in [2.45, 2.75) is 18.9 Å². The molecule has 19 heavy (non-hydrogen) atoms. The molecule has 7 nitrogen and oxygen atoms in total. The summed E-state index contributed by atoms with van der Waals surface area (Å²) < 4.78 is 10.2. The average Bonchev–Trinajstić information content (AvgIpc) is 2.42. The highest BCUT2D eigenvalue weighted by Gasteiger charge is 2.27. The summed E-state index contributed by atoms with van der Waals surface area (Å²) in [6.45, 7) is 1.56. The first-order valence-electron chi connectivity index (χ1n) is 6.36. The molecule has 0 aromatic rings. The van der Waals surface area contributed by atoms with Gasteiger partial charge >= 0.3 is 12.0 Å². The maximum absolute atomic E-state index is 12.3. The lowest BCUT2D eigenvalue weighted by atomic mass is 10.1. The molecule has 0 aliphatic carbocycles. The van der Waals surface area contributed by atoms with Crippen LogP contribution in [0.25, 0.3) is 0 Å². The van der Waals surface area contributed by atoms with Crippen molar-refractivity contribution < 1.29 is 24.2 Å². The summed E-state index contributed by atoms with van der Waals surface area (Å²) in [4.78, 5) is 26.0. The maximum Gasteiger partial charge on any atom is 0.323 e. The highest BCUT2D eigenvalue weighted by Crippen LogP contribution is 2.14. The topological polar surface area (TPSA) is 79.3 Å². The van der Waals surface area contributed by atoms with Gasteiger partial charge in [0.05, 0.1) is 6.61 Å². The van der Waals surface area contributed by atoms with Crippen molar-refractivity contribution in [1.82, 2.24) is 9.80 Å². The summed E-state index contributed by atoms with van der Waals surface area (Å²) in [5.74, 6) is -1.02. The fourth-order valence-electron chi connectivity index (χ4n) is 2.06. The van der Waals surface area contributed by atoms with E-state index in [-0.39, 0.29) is 25.2 Å². The lowest BCUT2D eigenvalue weighted by Gasteiger charge is -2.34. The number of carboxylic acids is 1. The standard InChI is InChI=1S/C12H22N2O5/c1-13(10-3-6-19-7-4-10)12(17)14(5-8-18-2)9-11(15)16/h10H,3-9H2,1-2H3,(H,15,16). The van der Waals surface area contributed by atoms with E-state index >= 15 is 0 Å². The van der Waals surface area contributed by atoms with Gasteiger partial charge in [-0.15, -0.1) is 0 Å². The van der Waals surface area contributed by atoms with E-state index in [0.29, 0.717) is 19.8 Å². The van der Waals surface area contributed by atoms with Crippen LogP contribution in [0.3, 0.4) is 0 Å². The molecule has 1 N–H and O–H groups in total. The molecule has 7 heteroatoms. The van der Waals surface area contributed by atoms with E-state index in [9.17, 15) is 9.59 Å². The molecule has 1 heterocycles. The normalized spacial score (nSPS) is 16.1. The van der Waals surface area contributed by atoms with E-state index < -0.39 is 5.97 Å². The van der Waals surface area contributed by atoms with Gasteiger partial charge in [0.15, 0.2) is 0 Å². The van der Waals surface area contributed by atoms with Crippen LogP contribution >= 0.6 is 0 Å². The Morgan fingerprint density at radius 2 is 2.00 bits per heavy atom. The van der Waals surface area contributed by atoms with E-state index in [1.807, 2.05) is 0 Å². The molecule has 0 atom stereocenters. The molecular weight excluding hydrogens is 252 g/mol. The van der Waals surface area contributed by atoms with Gasteiger partial charge in [-0.1, -0.05) is 0 Å². The van der Waals surface area contributed by atoms with Gasteiger partial charge in [0.2, 0.25) is 0 Å². The van der Waals surface area contributed by atoms with Gasteiger partial charge in [0, 0.05) is 40.0 Å². The Morgan fingerprint density at radius 3 is 2.53 bits per heavy atom. The molecule has 0 spiro atoms. The van der Waals surface area contributed by atoms with Crippen molar-refractivity contribution in [1.29, 1.82) is 0 Å². The molecule has 0 bridgehead atoms. The number of urea groups is 1. The summed E-state index contributed by atoms with van der Waals surface area (Å²) in [6.07, 6.45) is 1.57. The van der Waals surface area contributed by atoms with E-state index in [2.05, 4.69) is 0 Å². The first kappa shape index (κ1) is 15.7. The van der Waals surface area contributed by atoms with E-state index in [0.717, 1.165) is 12.8 Å². The minimum atomic E-state index is -1.02. The van der Waals surface area contributed by atoms with Crippen molar-refractivity contribution in [3.05, 3.63) is 0 Å². The number of carbonyl (C=O) groups excluding carboxylic acids is 1. The molecule has 1 aliphatic rings. The predicted molar refractivity (Wildman–Crippen MR) is 68.1 cm³/mol. The summed E-state index contributed by atoms with van der Waals surface area (Å²) in [6, 6.07) is -0.161. The summed E-state index contributed by atoms with van der Waals surface area (Å²) >= 11 is 0. The number of nitrogens with zero attached hydrogens (tertiary/aromatic N) is 2. The fraction of sp³-hybridized carbons (Fsp3) is 0.833. The molecule has 0 saturated carbocycles. The fourth-order valence-corrected chi connectivity index (χ4v) is 2.06. The van der Waals surface area contributed by atoms with Crippen molar-refractivity contribution >= 4 is 12.0 Å². The summed E-state index contributed by atoms with van der Waals surface area (Å²) in [5.41, 5.74) is 0. The predicted octanol–water partition coefficient (Wildman–Crippen LogP) is 0.250. The third-order valence-electron chi connectivity index (χ3n) is 3.20. The molecule has 110 valence electrons. The van der Waals surface area contributed by atoms with Crippen LogP contribution in [-0.4, -0.2) is 80.0 Å². The Bertz CT molecular complexity index is 304. The molecule has 0 aromatic carbocycles. The first-order chi connectivity index (χ1) is 9.06. The van der Waals surface area contributed by atoms with Crippen LogP contribution in [0.1, 0.15) is 12.8 Å². The second-order valence-corrected chi connectivity index (χ2v) is 4.55. The largest absolute Gasteiger partial charge is 0.480 e. The van der Waals surface area contributed by atoms with E-state index in [4.69, 9.17) is 14.6 Å². The van der Waals surface area contributed by atoms with Gasteiger partial charge in [0.1, 0.15) is 6.54 Å². The summed E-state index contributed by atoms with van der Waals surface area (Å²) in [5, 5.41) is 8.85. The van der Waals surface area contributed by atoms with E-state index in [1.165, 1.54) is 12.0 Å². The van der Waals surface area contributed by atoms with Gasteiger partial charge in [-0.3, -0.25) is 4.79 Å². The highest BCUT2D eigenvalue weighted by molar-refractivity contribution is 5.80. The van der Waals surface area contributed by atoms with Crippen LogP contribution in [-0.2, 0) is 14.3 Å². The monoisotopic (exact) mass is 274 g/mol. The van der Waals surface area contributed by atoms with Gasteiger partial charge in [-0.2, -0.15) is 0 Å². The zero-order chi connectivity index (χ0) is 14.3. The molecule has 1 saturated heterocycles. The molecular formula is C12H22N2O5. The first-order valence-corrected chi connectivity index (χ1v) is 6.36. The van der Waals surface area contributed by atoms with Crippen LogP contribution in [0.5, 0.6) is 0 Å². The third kappa shape index (κ3) is 5.04.